The van der Waals surface area contributed by atoms with E-state index in [4.69, 9.17) is 12.2 Å². The highest BCUT2D eigenvalue weighted by molar-refractivity contribution is 7.71. The average Bonchev–Trinajstić information content (AvgIpc) is 2.80. The number of rotatable bonds is 1. The van der Waals surface area contributed by atoms with E-state index < -0.39 is 0 Å². The Morgan fingerprint density at radius 2 is 1.75 bits per heavy atom. The topological polar surface area (TPSA) is 28.7 Å². The molecule has 0 unspecified atom stereocenters. The normalized spacial score (nSPS) is 15.3. The summed E-state index contributed by atoms with van der Waals surface area (Å²) in [5, 5.41) is 0. The molecule has 1 aromatic heterocycles. The minimum absolute atomic E-state index is 0.0662. The Morgan fingerprint density at radius 1 is 1.15 bits per heavy atom. The van der Waals surface area contributed by atoms with Crippen molar-refractivity contribution < 1.29 is 0 Å². The number of benzene rings is 1. The molecule has 0 atom stereocenters. The Balaban J connectivity index is 1.97. The van der Waals surface area contributed by atoms with Gasteiger partial charge in [-0.25, -0.2) is 4.98 Å². The third kappa shape index (κ3) is 2.55. The standard InChI is InChI=1S/C17H20N2S/c1-17(2,3)14-10-15(20)19-16(18-14)13-8-11-6-4-5-7-12(11)9-13/h4-7,10,13H,8-9H2,1-3H3,(H,18,19,20). The summed E-state index contributed by atoms with van der Waals surface area (Å²) in [7, 11) is 0. The summed E-state index contributed by atoms with van der Waals surface area (Å²) in [5.74, 6) is 1.47. The van der Waals surface area contributed by atoms with Gasteiger partial charge in [0.15, 0.2) is 0 Å². The van der Waals surface area contributed by atoms with Crippen LogP contribution in [0.4, 0.5) is 0 Å². The SMILES string of the molecule is CC(C)(C)c1cc(=S)nc(C2Cc3ccccc3C2)[nH]1. The number of hydrogen-bond donors (Lipinski definition) is 1. The van der Waals surface area contributed by atoms with Gasteiger partial charge in [0.2, 0.25) is 0 Å². The lowest BCUT2D eigenvalue weighted by Crippen LogP contribution is -2.17. The van der Waals surface area contributed by atoms with Crippen molar-refractivity contribution in [1.29, 1.82) is 0 Å². The van der Waals surface area contributed by atoms with E-state index in [0.717, 1.165) is 18.7 Å². The first-order chi connectivity index (χ1) is 9.43. The number of H-pyrrole nitrogens is 1. The second kappa shape index (κ2) is 4.81. The van der Waals surface area contributed by atoms with Crippen LogP contribution in [0.3, 0.4) is 0 Å². The van der Waals surface area contributed by atoms with E-state index in [0.29, 0.717) is 10.6 Å². The van der Waals surface area contributed by atoms with Gasteiger partial charge in [-0.05, 0) is 30.0 Å². The summed E-state index contributed by atoms with van der Waals surface area (Å²) < 4.78 is 0.694. The predicted octanol–water partition coefficient (Wildman–Crippen LogP) is 4.32. The van der Waals surface area contributed by atoms with Crippen LogP contribution in [0.15, 0.2) is 30.3 Å². The number of fused-ring (bicyclic) bond motifs is 1. The zero-order valence-corrected chi connectivity index (χ0v) is 13.1. The third-order valence-electron chi connectivity index (χ3n) is 4.01. The highest BCUT2D eigenvalue weighted by atomic mass is 32.1. The molecule has 0 amide bonds. The van der Waals surface area contributed by atoms with Gasteiger partial charge < -0.3 is 4.98 Å². The molecule has 0 saturated carbocycles. The molecule has 0 radical (unpaired) electrons. The molecule has 2 aromatic rings. The predicted molar refractivity (Wildman–Crippen MR) is 84.7 cm³/mol. The van der Waals surface area contributed by atoms with Crippen LogP contribution in [0.1, 0.15) is 49.3 Å². The Kier molecular flexibility index (Phi) is 3.25. The number of hydrogen-bond acceptors (Lipinski definition) is 2. The van der Waals surface area contributed by atoms with Gasteiger partial charge >= 0.3 is 0 Å². The summed E-state index contributed by atoms with van der Waals surface area (Å²) in [5.41, 5.74) is 4.12. The molecule has 0 spiro atoms. The van der Waals surface area contributed by atoms with Crippen LogP contribution in [0.25, 0.3) is 0 Å². The van der Waals surface area contributed by atoms with Crippen molar-refractivity contribution in [2.75, 3.05) is 0 Å². The van der Waals surface area contributed by atoms with Crippen molar-refractivity contribution in [3.05, 3.63) is 57.6 Å². The molecular formula is C17H20N2S. The molecule has 20 heavy (non-hydrogen) atoms. The minimum Gasteiger partial charge on any atom is -0.346 e. The molecule has 0 aliphatic heterocycles. The molecule has 1 aliphatic carbocycles. The average molecular weight is 284 g/mol. The molecule has 0 saturated heterocycles. The largest absolute Gasteiger partial charge is 0.346 e. The Morgan fingerprint density at radius 3 is 2.30 bits per heavy atom. The number of aromatic amines is 1. The lowest BCUT2D eigenvalue weighted by Gasteiger charge is -2.20. The fraction of sp³-hybridized carbons (Fsp3) is 0.412. The molecule has 104 valence electrons. The van der Waals surface area contributed by atoms with Crippen molar-refractivity contribution in [3.63, 3.8) is 0 Å². The molecule has 1 aromatic carbocycles. The van der Waals surface area contributed by atoms with Crippen LogP contribution in [0, 0.1) is 4.64 Å². The quantitative estimate of drug-likeness (QED) is 0.790. The highest BCUT2D eigenvalue weighted by Gasteiger charge is 2.25. The monoisotopic (exact) mass is 284 g/mol. The van der Waals surface area contributed by atoms with Crippen LogP contribution >= 0.6 is 12.2 Å². The number of aromatic nitrogens is 2. The van der Waals surface area contributed by atoms with Gasteiger partial charge in [-0.15, -0.1) is 0 Å². The molecule has 0 bridgehead atoms. The molecule has 1 aliphatic rings. The fourth-order valence-corrected chi connectivity index (χ4v) is 3.04. The van der Waals surface area contributed by atoms with Crippen LogP contribution < -0.4 is 0 Å². The Labute approximate surface area is 125 Å². The van der Waals surface area contributed by atoms with Crippen molar-refractivity contribution in [1.82, 2.24) is 9.97 Å². The van der Waals surface area contributed by atoms with Crippen molar-refractivity contribution in [2.45, 2.75) is 44.9 Å². The molecule has 3 heteroatoms. The molecule has 1 heterocycles. The lowest BCUT2D eigenvalue weighted by atomic mass is 9.91. The lowest BCUT2D eigenvalue weighted by molar-refractivity contribution is 0.552. The molecule has 2 nitrogen and oxygen atoms in total. The smallest absolute Gasteiger partial charge is 0.130 e. The third-order valence-corrected chi connectivity index (χ3v) is 4.22. The number of nitrogens with zero attached hydrogens (tertiary/aromatic N) is 1. The van der Waals surface area contributed by atoms with Crippen LogP contribution in [0.2, 0.25) is 0 Å². The van der Waals surface area contributed by atoms with E-state index in [1.165, 1.54) is 16.8 Å². The second-order valence-corrected chi connectivity index (χ2v) is 7.06. The summed E-state index contributed by atoms with van der Waals surface area (Å²) in [6, 6.07) is 10.7. The van der Waals surface area contributed by atoms with Crippen LogP contribution in [0.5, 0.6) is 0 Å². The van der Waals surface area contributed by atoms with E-state index in [9.17, 15) is 0 Å². The van der Waals surface area contributed by atoms with Crippen molar-refractivity contribution in [3.8, 4) is 0 Å². The van der Waals surface area contributed by atoms with Crippen molar-refractivity contribution >= 4 is 12.2 Å². The van der Waals surface area contributed by atoms with Gasteiger partial charge in [-0.3, -0.25) is 0 Å². The maximum atomic E-state index is 5.35. The summed E-state index contributed by atoms with van der Waals surface area (Å²) in [6.07, 6.45) is 2.12. The van der Waals surface area contributed by atoms with Gasteiger partial charge in [0.25, 0.3) is 0 Å². The maximum absolute atomic E-state index is 5.35. The van der Waals surface area contributed by atoms with E-state index in [1.54, 1.807) is 0 Å². The Bertz CT molecular complexity index is 670. The number of nitrogens with one attached hydrogen (secondary N) is 1. The fourth-order valence-electron chi connectivity index (χ4n) is 2.83. The maximum Gasteiger partial charge on any atom is 0.130 e. The van der Waals surface area contributed by atoms with Gasteiger partial charge in [-0.2, -0.15) is 0 Å². The molecule has 3 rings (SSSR count). The van der Waals surface area contributed by atoms with Gasteiger partial charge in [0.05, 0.1) is 0 Å². The van der Waals surface area contributed by atoms with Gasteiger partial charge in [-0.1, -0.05) is 57.3 Å². The minimum atomic E-state index is 0.0662. The van der Waals surface area contributed by atoms with Crippen LogP contribution in [-0.2, 0) is 18.3 Å². The summed E-state index contributed by atoms with van der Waals surface area (Å²) >= 11 is 5.35. The van der Waals surface area contributed by atoms with E-state index in [1.807, 2.05) is 6.07 Å². The zero-order valence-electron chi connectivity index (χ0n) is 12.2. The van der Waals surface area contributed by atoms with Crippen molar-refractivity contribution in [2.24, 2.45) is 0 Å². The first-order valence-corrected chi connectivity index (χ1v) is 7.53. The molecular weight excluding hydrogens is 264 g/mol. The second-order valence-electron chi connectivity index (χ2n) is 6.64. The summed E-state index contributed by atoms with van der Waals surface area (Å²) in [4.78, 5) is 8.10. The Hall–Kier alpha value is -1.48. The summed E-state index contributed by atoms with van der Waals surface area (Å²) in [6.45, 7) is 6.59. The molecule has 1 N–H and O–H groups in total. The highest BCUT2D eigenvalue weighted by Crippen LogP contribution is 2.33. The zero-order chi connectivity index (χ0) is 14.3. The first kappa shape index (κ1) is 13.5. The van der Waals surface area contributed by atoms with Crippen LogP contribution in [-0.4, -0.2) is 9.97 Å². The van der Waals surface area contributed by atoms with E-state index in [2.05, 4.69) is 55.0 Å². The van der Waals surface area contributed by atoms with E-state index >= 15 is 0 Å². The van der Waals surface area contributed by atoms with Gasteiger partial charge in [0, 0.05) is 17.0 Å². The molecule has 0 fully saturated rings. The van der Waals surface area contributed by atoms with E-state index in [-0.39, 0.29) is 5.41 Å². The first-order valence-electron chi connectivity index (χ1n) is 7.12. The van der Waals surface area contributed by atoms with Gasteiger partial charge in [0.1, 0.15) is 10.5 Å².